The van der Waals surface area contributed by atoms with E-state index in [1.165, 1.54) is 22.9 Å². The molecule has 0 saturated heterocycles. The molecule has 0 fully saturated rings. The van der Waals surface area contributed by atoms with Gasteiger partial charge in [0.15, 0.2) is 0 Å². The van der Waals surface area contributed by atoms with Crippen molar-refractivity contribution in [1.82, 2.24) is 9.55 Å². The fraction of sp³-hybridized carbons (Fsp3) is 0.263. The standard InChI is InChI=1S/C19H15Cl2N5O4/c1-9(2)11-7-25(19(30)23-18(11)29)8-12-13(20)3-10(4-14(12)21)26-17(28)5-16(27)15(6-22)24-26/h3-4,7,9H,5,8H2,1-2H3,(H,23,29,30). The lowest BCUT2D eigenvalue weighted by molar-refractivity contribution is -0.124. The van der Waals surface area contributed by atoms with E-state index in [0.29, 0.717) is 11.1 Å². The van der Waals surface area contributed by atoms with Crippen LogP contribution in [-0.2, 0) is 16.1 Å². The number of nitrogens with one attached hydrogen (secondary N) is 1. The molecular weight excluding hydrogens is 433 g/mol. The lowest BCUT2D eigenvalue weighted by atomic mass is 10.1. The van der Waals surface area contributed by atoms with Crippen LogP contribution in [0.5, 0.6) is 0 Å². The third-order valence-corrected chi connectivity index (χ3v) is 5.15. The molecule has 1 amide bonds. The molecule has 0 saturated carbocycles. The third kappa shape index (κ3) is 4.06. The molecule has 0 aliphatic carbocycles. The molecule has 0 unspecified atom stereocenters. The number of nitrogens with zero attached hydrogens (tertiary/aromatic N) is 4. The maximum atomic E-state index is 12.2. The highest BCUT2D eigenvalue weighted by Gasteiger charge is 2.29. The van der Waals surface area contributed by atoms with Gasteiger partial charge in [-0.3, -0.25) is 23.9 Å². The topological polar surface area (TPSA) is 128 Å². The highest BCUT2D eigenvalue weighted by atomic mass is 35.5. The minimum Gasteiger partial charge on any atom is -0.296 e. The van der Waals surface area contributed by atoms with Crippen molar-refractivity contribution in [2.45, 2.75) is 32.7 Å². The van der Waals surface area contributed by atoms with E-state index in [1.54, 1.807) is 6.07 Å². The van der Waals surface area contributed by atoms with Crippen LogP contribution < -0.4 is 16.3 Å². The van der Waals surface area contributed by atoms with Crippen molar-refractivity contribution in [2.75, 3.05) is 5.01 Å². The average Bonchev–Trinajstić information content (AvgIpc) is 2.65. The molecule has 1 aromatic heterocycles. The minimum absolute atomic E-state index is 0.0214. The number of nitriles is 1. The first-order valence-electron chi connectivity index (χ1n) is 8.78. The molecule has 9 nitrogen and oxygen atoms in total. The van der Waals surface area contributed by atoms with E-state index in [4.69, 9.17) is 28.5 Å². The largest absolute Gasteiger partial charge is 0.328 e. The van der Waals surface area contributed by atoms with Crippen molar-refractivity contribution in [2.24, 2.45) is 5.10 Å². The molecule has 11 heteroatoms. The van der Waals surface area contributed by atoms with Crippen molar-refractivity contribution in [1.29, 1.82) is 5.26 Å². The SMILES string of the molecule is CC(C)c1cn(Cc2c(Cl)cc(N3N=C(C#N)C(=O)CC3=O)cc2Cl)c(=O)[nH]c1=O. The quantitative estimate of drug-likeness (QED) is 0.718. The summed E-state index contributed by atoms with van der Waals surface area (Å²) in [6.07, 6.45) is 0.962. The summed E-state index contributed by atoms with van der Waals surface area (Å²) in [5.74, 6) is -1.39. The second kappa shape index (κ2) is 8.26. The van der Waals surface area contributed by atoms with Crippen LogP contribution in [0.3, 0.4) is 0 Å². The van der Waals surface area contributed by atoms with Gasteiger partial charge in [0.1, 0.15) is 6.07 Å². The number of aromatic amines is 1. The van der Waals surface area contributed by atoms with Gasteiger partial charge in [0.2, 0.25) is 11.5 Å². The Labute approximate surface area is 180 Å². The Kier molecular flexibility index (Phi) is 5.92. The van der Waals surface area contributed by atoms with Gasteiger partial charge in [-0.05, 0) is 18.1 Å². The van der Waals surface area contributed by atoms with Crippen LogP contribution in [0.2, 0.25) is 10.0 Å². The fourth-order valence-corrected chi connectivity index (χ4v) is 3.48. The molecule has 0 bridgehead atoms. The van der Waals surface area contributed by atoms with Crippen LogP contribution in [0.1, 0.15) is 37.3 Å². The molecule has 154 valence electrons. The maximum Gasteiger partial charge on any atom is 0.328 e. The molecule has 2 heterocycles. The first-order valence-corrected chi connectivity index (χ1v) is 9.54. The van der Waals surface area contributed by atoms with E-state index in [0.717, 1.165) is 5.01 Å². The summed E-state index contributed by atoms with van der Waals surface area (Å²) in [6.45, 7) is 3.63. The molecule has 0 spiro atoms. The molecule has 1 aromatic carbocycles. The lowest BCUT2D eigenvalue weighted by Crippen LogP contribution is -2.36. The van der Waals surface area contributed by atoms with Gasteiger partial charge in [-0.1, -0.05) is 37.0 Å². The van der Waals surface area contributed by atoms with Gasteiger partial charge in [0.05, 0.1) is 18.7 Å². The van der Waals surface area contributed by atoms with Gasteiger partial charge in [0.25, 0.3) is 11.5 Å². The number of hydrazone groups is 1. The zero-order valence-corrected chi connectivity index (χ0v) is 17.4. The summed E-state index contributed by atoms with van der Waals surface area (Å²) in [6, 6.07) is 4.44. The Morgan fingerprint density at radius 3 is 2.40 bits per heavy atom. The number of carbonyl (C=O) groups is 2. The third-order valence-electron chi connectivity index (χ3n) is 4.48. The molecule has 2 aromatic rings. The van der Waals surface area contributed by atoms with Crippen molar-refractivity contribution >= 4 is 46.3 Å². The van der Waals surface area contributed by atoms with Crippen molar-refractivity contribution in [3.63, 3.8) is 0 Å². The van der Waals surface area contributed by atoms with Gasteiger partial charge in [0, 0.05) is 27.4 Å². The molecule has 1 aliphatic rings. The predicted molar refractivity (Wildman–Crippen MR) is 111 cm³/mol. The zero-order valence-electron chi connectivity index (χ0n) is 15.9. The van der Waals surface area contributed by atoms with E-state index in [-0.39, 0.29) is 28.2 Å². The Morgan fingerprint density at radius 2 is 1.83 bits per heavy atom. The molecular formula is C19H15Cl2N5O4. The summed E-state index contributed by atoms with van der Waals surface area (Å²) in [4.78, 5) is 50.2. The summed E-state index contributed by atoms with van der Waals surface area (Å²) in [5, 5.41) is 13.9. The van der Waals surface area contributed by atoms with Crippen molar-refractivity contribution < 1.29 is 9.59 Å². The number of Topliss-reactive ketones (excluding diaryl/α,β-unsaturated/α-hetero) is 1. The summed E-state index contributed by atoms with van der Waals surface area (Å²) >= 11 is 12.7. The number of hydrogen-bond donors (Lipinski definition) is 1. The number of ketones is 1. The van der Waals surface area contributed by atoms with Crippen LogP contribution >= 0.6 is 23.2 Å². The Hall–Kier alpha value is -3.22. The normalized spacial score (nSPS) is 14.1. The van der Waals surface area contributed by atoms with E-state index in [9.17, 15) is 19.2 Å². The number of H-pyrrole nitrogens is 1. The van der Waals surface area contributed by atoms with Gasteiger partial charge in [-0.15, -0.1) is 0 Å². The summed E-state index contributed by atoms with van der Waals surface area (Å²) in [7, 11) is 0. The number of anilines is 1. The first kappa shape index (κ1) is 21.5. The number of rotatable bonds is 4. The van der Waals surface area contributed by atoms with Crippen molar-refractivity contribution in [3.05, 3.63) is 60.3 Å². The van der Waals surface area contributed by atoms with Gasteiger partial charge in [-0.2, -0.15) is 15.4 Å². The Morgan fingerprint density at radius 1 is 1.20 bits per heavy atom. The molecule has 1 aliphatic heterocycles. The number of benzene rings is 1. The molecule has 30 heavy (non-hydrogen) atoms. The smallest absolute Gasteiger partial charge is 0.296 e. The first-order chi connectivity index (χ1) is 14.1. The summed E-state index contributed by atoms with van der Waals surface area (Å²) in [5.41, 5.74) is -0.476. The molecule has 0 atom stereocenters. The summed E-state index contributed by atoms with van der Waals surface area (Å²) < 4.78 is 1.28. The van der Waals surface area contributed by atoms with Crippen LogP contribution in [0.4, 0.5) is 5.69 Å². The molecule has 1 N–H and O–H groups in total. The van der Waals surface area contributed by atoms with Gasteiger partial charge < -0.3 is 0 Å². The van der Waals surface area contributed by atoms with E-state index >= 15 is 0 Å². The van der Waals surface area contributed by atoms with Gasteiger partial charge >= 0.3 is 5.69 Å². The van der Waals surface area contributed by atoms with E-state index in [1.807, 2.05) is 13.8 Å². The fourth-order valence-electron chi connectivity index (χ4n) is 2.88. The Bertz CT molecular complexity index is 1230. The number of hydrogen-bond acceptors (Lipinski definition) is 6. The van der Waals surface area contributed by atoms with Crippen LogP contribution in [-0.4, -0.2) is 27.0 Å². The van der Waals surface area contributed by atoms with Crippen LogP contribution in [0.15, 0.2) is 33.0 Å². The molecule has 0 radical (unpaired) electrons. The minimum atomic E-state index is -0.661. The number of amides is 1. The number of halogens is 2. The zero-order chi connectivity index (χ0) is 22.2. The van der Waals surface area contributed by atoms with Crippen molar-refractivity contribution in [3.8, 4) is 6.07 Å². The second-order valence-electron chi connectivity index (χ2n) is 6.88. The number of carbonyl (C=O) groups excluding carboxylic acids is 2. The highest BCUT2D eigenvalue weighted by Crippen LogP contribution is 2.32. The van der Waals surface area contributed by atoms with Gasteiger partial charge in [-0.25, -0.2) is 4.79 Å². The Balaban J connectivity index is 2.02. The van der Waals surface area contributed by atoms with E-state index in [2.05, 4.69) is 10.1 Å². The maximum absolute atomic E-state index is 12.2. The van der Waals surface area contributed by atoms with Crippen LogP contribution in [0.25, 0.3) is 0 Å². The monoisotopic (exact) mass is 447 g/mol. The van der Waals surface area contributed by atoms with E-state index < -0.39 is 35.1 Å². The average molecular weight is 448 g/mol. The van der Waals surface area contributed by atoms with Crippen LogP contribution in [0, 0.1) is 11.3 Å². The number of aromatic nitrogens is 2. The molecule has 3 rings (SSSR count). The highest BCUT2D eigenvalue weighted by molar-refractivity contribution is 6.50. The predicted octanol–water partition coefficient (Wildman–Crippen LogP) is 2.20. The lowest BCUT2D eigenvalue weighted by Gasteiger charge is -2.22. The second-order valence-corrected chi connectivity index (χ2v) is 7.69.